The lowest BCUT2D eigenvalue weighted by Crippen LogP contribution is -2.01. The van der Waals surface area contributed by atoms with Gasteiger partial charge in [0.15, 0.2) is 0 Å². The zero-order chi connectivity index (χ0) is 10.6. The Morgan fingerprint density at radius 2 is 2.00 bits per heavy atom. The number of nitrogens with zero attached hydrogens (tertiary/aromatic N) is 1. The highest BCUT2D eigenvalue weighted by molar-refractivity contribution is 7.89. The molecule has 0 amide bonds. The minimum absolute atomic E-state index is 0.0218. The summed E-state index contributed by atoms with van der Waals surface area (Å²) >= 11 is 0. The van der Waals surface area contributed by atoms with Gasteiger partial charge in [0.25, 0.3) is 16.1 Å². The van der Waals surface area contributed by atoms with E-state index in [0.717, 1.165) is 12.1 Å². The van der Waals surface area contributed by atoms with Crippen LogP contribution in [0.4, 0.5) is 4.39 Å². The number of hydrogen-bond donors (Lipinski definition) is 0. The molecule has 0 heterocycles. The van der Waals surface area contributed by atoms with Crippen LogP contribution in [0.3, 0.4) is 0 Å². The van der Waals surface area contributed by atoms with E-state index >= 15 is 0 Å². The first kappa shape index (κ1) is 10.6. The van der Waals surface area contributed by atoms with Crippen molar-refractivity contribution in [3.63, 3.8) is 0 Å². The molecule has 1 rings (SSSR count). The number of benzene rings is 1. The van der Waals surface area contributed by atoms with E-state index in [1.54, 1.807) is 0 Å². The Balaban J connectivity index is 3.01. The van der Waals surface area contributed by atoms with Crippen LogP contribution in [0.5, 0.6) is 0 Å². The third-order valence-corrected chi connectivity index (χ3v) is 2.50. The van der Waals surface area contributed by atoms with Gasteiger partial charge in [-0.05, 0) is 6.07 Å². The molecule has 4 nitrogen and oxygen atoms in total. The smallest absolute Gasteiger partial charge is 0.210 e. The Hall–Kier alpha value is -1.52. The highest BCUT2D eigenvalue weighted by Gasteiger charge is 2.12. The van der Waals surface area contributed by atoms with Crippen molar-refractivity contribution < 1.29 is 17.6 Å². The molecule has 0 radical (unpaired) electrons. The summed E-state index contributed by atoms with van der Waals surface area (Å²) in [7, 11) is -3.95. The van der Waals surface area contributed by atoms with Crippen molar-refractivity contribution in [2.45, 2.75) is 5.75 Å². The van der Waals surface area contributed by atoms with Gasteiger partial charge in [-0.2, -0.15) is 0 Å². The molecule has 0 spiro atoms. The fraction of sp³-hybridized carbons (Fsp3) is 0.125. The van der Waals surface area contributed by atoms with Crippen LogP contribution in [0.25, 0.3) is 0 Å². The van der Waals surface area contributed by atoms with Crippen molar-refractivity contribution in [3.05, 3.63) is 35.6 Å². The monoisotopic (exact) mass is 215 g/mol. The lowest BCUT2D eigenvalue weighted by atomic mass is 10.2. The number of hydrogen-bond acceptors (Lipinski definition) is 3. The van der Waals surface area contributed by atoms with E-state index in [-0.39, 0.29) is 5.56 Å². The van der Waals surface area contributed by atoms with Gasteiger partial charge in [0.05, 0.1) is 5.75 Å². The molecule has 1 aromatic carbocycles. The van der Waals surface area contributed by atoms with E-state index in [2.05, 4.69) is 4.40 Å². The first-order chi connectivity index (χ1) is 6.55. The molecule has 0 aliphatic heterocycles. The lowest BCUT2D eigenvalue weighted by molar-refractivity contribution is 0.563. The number of halogens is 1. The standard InChI is InChI=1S/C8H6FNO3S/c9-8-4-2-1-3-7(8)5-14(12,13)10-6-11/h1-4H,5H2. The lowest BCUT2D eigenvalue weighted by Gasteiger charge is -1.98. The predicted molar refractivity (Wildman–Crippen MR) is 47.1 cm³/mol. The van der Waals surface area contributed by atoms with Crippen molar-refractivity contribution in [1.29, 1.82) is 0 Å². The quantitative estimate of drug-likeness (QED) is 0.558. The maximum atomic E-state index is 13.0. The molecule has 0 saturated carbocycles. The summed E-state index contributed by atoms with van der Waals surface area (Å²) in [5, 5.41) is 0. The summed E-state index contributed by atoms with van der Waals surface area (Å²) in [5.41, 5.74) is -0.0218. The molecule has 74 valence electrons. The maximum absolute atomic E-state index is 13.0. The van der Waals surface area contributed by atoms with Crippen molar-refractivity contribution in [1.82, 2.24) is 0 Å². The third-order valence-electron chi connectivity index (χ3n) is 1.47. The van der Waals surface area contributed by atoms with Gasteiger partial charge in [0, 0.05) is 5.56 Å². The number of isocyanates is 1. The van der Waals surface area contributed by atoms with E-state index in [9.17, 15) is 17.6 Å². The summed E-state index contributed by atoms with van der Waals surface area (Å²) < 4.78 is 37.5. The molecule has 0 saturated heterocycles. The Morgan fingerprint density at radius 3 is 2.57 bits per heavy atom. The predicted octanol–water partition coefficient (Wildman–Crippen LogP) is 0.991. The van der Waals surface area contributed by atoms with E-state index < -0.39 is 21.6 Å². The summed E-state index contributed by atoms with van der Waals surface area (Å²) in [5.74, 6) is -1.27. The molecule has 0 aromatic heterocycles. The van der Waals surface area contributed by atoms with Gasteiger partial charge in [-0.1, -0.05) is 22.6 Å². The van der Waals surface area contributed by atoms with Gasteiger partial charge in [-0.15, -0.1) is 0 Å². The van der Waals surface area contributed by atoms with Gasteiger partial charge >= 0.3 is 0 Å². The second-order valence-corrected chi connectivity index (χ2v) is 4.14. The Bertz CT molecular complexity index is 477. The molecule has 0 fully saturated rings. The molecule has 1 aromatic rings. The van der Waals surface area contributed by atoms with Crippen LogP contribution in [-0.2, 0) is 20.6 Å². The van der Waals surface area contributed by atoms with Crippen LogP contribution in [-0.4, -0.2) is 14.5 Å². The maximum Gasteiger partial charge on any atom is 0.267 e. The average molecular weight is 215 g/mol. The highest BCUT2D eigenvalue weighted by atomic mass is 32.2. The van der Waals surface area contributed by atoms with Gasteiger partial charge in [0.1, 0.15) is 5.82 Å². The van der Waals surface area contributed by atoms with Gasteiger partial charge in [-0.3, -0.25) is 0 Å². The highest BCUT2D eigenvalue weighted by Crippen LogP contribution is 2.11. The number of rotatable bonds is 3. The molecule has 14 heavy (non-hydrogen) atoms. The molecular weight excluding hydrogens is 209 g/mol. The van der Waals surface area contributed by atoms with Crippen LogP contribution in [0.15, 0.2) is 28.7 Å². The second-order valence-electron chi connectivity index (χ2n) is 2.50. The SMILES string of the molecule is O=C=NS(=O)(=O)Cc1ccccc1F. The number of sulfonamides is 1. The third kappa shape index (κ3) is 2.76. The fourth-order valence-electron chi connectivity index (χ4n) is 0.901. The first-order valence-electron chi connectivity index (χ1n) is 3.60. The zero-order valence-corrected chi connectivity index (χ0v) is 7.79. The molecule has 0 bridgehead atoms. The van der Waals surface area contributed by atoms with Crippen molar-refractivity contribution >= 4 is 16.1 Å². The minimum atomic E-state index is -3.95. The van der Waals surface area contributed by atoms with Crippen LogP contribution < -0.4 is 0 Å². The summed E-state index contributed by atoms with van der Waals surface area (Å²) in [4.78, 5) is 9.73. The summed E-state index contributed by atoms with van der Waals surface area (Å²) in [6, 6.07) is 5.38. The van der Waals surface area contributed by atoms with Crippen LogP contribution in [0, 0.1) is 5.82 Å². The van der Waals surface area contributed by atoms with E-state index in [1.165, 1.54) is 18.2 Å². The zero-order valence-electron chi connectivity index (χ0n) is 6.97. The fourth-order valence-corrected chi connectivity index (χ4v) is 1.71. The Morgan fingerprint density at radius 1 is 1.36 bits per heavy atom. The minimum Gasteiger partial charge on any atom is -0.210 e. The molecule has 6 heteroatoms. The van der Waals surface area contributed by atoms with Crippen molar-refractivity contribution in [2.75, 3.05) is 0 Å². The Labute approximate surface area is 80.1 Å². The van der Waals surface area contributed by atoms with E-state index in [4.69, 9.17) is 0 Å². The average Bonchev–Trinajstić information content (AvgIpc) is 2.08. The molecule has 0 aliphatic rings. The van der Waals surface area contributed by atoms with E-state index in [1.807, 2.05) is 0 Å². The largest absolute Gasteiger partial charge is 0.267 e. The topological polar surface area (TPSA) is 63.6 Å². The number of carbonyl (C=O) groups excluding carboxylic acids is 1. The van der Waals surface area contributed by atoms with Gasteiger partial charge in [0.2, 0.25) is 0 Å². The summed E-state index contributed by atoms with van der Waals surface area (Å²) in [6.07, 6.45) is 0.912. The molecule has 0 N–H and O–H groups in total. The van der Waals surface area contributed by atoms with Gasteiger partial charge in [-0.25, -0.2) is 17.6 Å². The normalized spacial score (nSPS) is 10.6. The van der Waals surface area contributed by atoms with Crippen molar-refractivity contribution in [3.8, 4) is 0 Å². The van der Waals surface area contributed by atoms with E-state index in [0.29, 0.717) is 0 Å². The van der Waals surface area contributed by atoms with Crippen LogP contribution >= 0.6 is 0 Å². The summed E-state index contributed by atoms with van der Waals surface area (Å²) in [6.45, 7) is 0. The molecular formula is C8H6FNO3S. The van der Waals surface area contributed by atoms with Gasteiger partial charge < -0.3 is 0 Å². The molecule has 0 aliphatic carbocycles. The first-order valence-corrected chi connectivity index (χ1v) is 5.21. The molecule has 0 unspecified atom stereocenters. The Kier molecular flexibility index (Phi) is 3.11. The van der Waals surface area contributed by atoms with Crippen LogP contribution in [0.1, 0.15) is 5.56 Å². The second kappa shape index (κ2) is 4.13. The van der Waals surface area contributed by atoms with Crippen molar-refractivity contribution in [2.24, 2.45) is 4.40 Å². The molecule has 0 atom stereocenters. The van der Waals surface area contributed by atoms with Crippen LogP contribution in [0.2, 0.25) is 0 Å².